The van der Waals surface area contributed by atoms with Crippen molar-refractivity contribution in [2.24, 2.45) is 17.6 Å². The van der Waals surface area contributed by atoms with E-state index in [0.29, 0.717) is 12.2 Å². The largest absolute Gasteiger partial charge is 0.444 e. The molecule has 0 radical (unpaired) electrons. The molecule has 0 fully saturated rings. The quantitative estimate of drug-likeness (QED) is 0.645. The van der Waals surface area contributed by atoms with E-state index in [1.165, 1.54) is 0 Å². The monoisotopic (exact) mass is 421 g/mol. The minimum atomic E-state index is -0.688. The van der Waals surface area contributed by atoms with Crippen LogP contribution in [0.3, 0.4) is 0 Å². The van der Waals surface area contributed by atoms with Gasteiger partial charge in [0.15, 0.2) is 16.7 Å². The number of halogens is 1. The number of anilines is 1. The van der Waals surface area contributed by atoms with E-state index in [-0.39, 0.29) is 28.5 Å². The molecule has 1 aliphatic rings. The summed E-state index contributed by atoms with van der Waals surface area (Å²) in [6, 6.07) is 0. The molecule has 2 atom stereocenters. The number of allylic oxidation sites excluding steroid dienone is 3. The third-order valence-electron chi connectivity index (χ3n) is 4.30. The van der Waals surface area contributed by atoms with Crippen LogP contribution in [0, 0.1) is 18.8 Å². The first kappa shape index (κ1) is 22.7. The zero-order valence-corrected chi connectivity index (χ0v) is 18.1. The van der Waals surface area contributed by atoms with Crippen LogP contribution in [0.15, 0.2) is 23.9 Å². The van der Waals surface area contributed by atoms with Crippen molar-refractivity contribution in [1.29, 1.82) is 0 Å². The van der Waals surface area contributed by atoms with Crippen LogP contribution in [0.1, 0.15) is 50.3 Å². The van der Waals surface area contributed by atoms with Crippen LogP contribution in [0.2, 0.25) is 5.15 Å². The number of alkyl carbamates (subject to hydrolysis) is 1. The molecule has 2 amide bonds. The summed E-state index contributed by atoms with van der Waals surface area (Å²) in [5.74, 6) is -0.0246. The Hall–Kier alpha value is -2.61. The van der Waals surface area contributed by atoms with Crippen molar-refractivity contribution in [3.05, 3.63) is 40.5 Å². The molecule has 0 aromatic carbocycles. The first-order valence-corrected chi connectivity index (χ1v) is 9.82. The molecule has 1 aromatic rings. The fourth-order valence-corrected chi connectivity index (χ4v) is 2.94. The number of carbonyl (C=O) groups is 2. The molecule has 0 saturated carbocycles. The molecule has 0 saturated heterocycles. The fraction of sp³-hybridized carbons (Fsp3) is 0.500. The summed E-state index contributed by atoms with van der Waals surface area (Å²) < 4.78 is 5.25. The molecule has 1 aromatic heterocycles. The van der Waals surface area contributed by atoms with Crippen LogP contribution in [-0.4, -0.2) is 34.1 Å². The molecule has 1 heterocycles. The van der Waals surface area contributed by atoms with Crippen molar-refractivity contribution in [3.8, 4) is 0 Å². The molecular formula is C20H28ClN5O3. The number of nitrogens with zero attached hydrogens (tertiary/aromatic N) is 2. The lowest BCUT2D eigenvalue weighted by atomic mass is 9.86. The number of ether oxygens (including phenoxy) is 1. The van der Waals surface area contributed by atoms with Gasteiger partial charge in [-0.1, -0.05) is 30.7 Å². The van der Waals surface area contributed by atoms with E-state index in [1.807, 2.05) is 39.0 Å². The summed E-state index contributed by atoms with van der Waals surface area (Å²) in [5, 5.41) is 6.05. The average molecular weight is 422 g/mol. The second-order valence-electron chi connectivity index (χ2n) is 8.01. The van der Waals surface area contributed by atoms with E-state index in [0.717, 1.165) is 12.1 Å². The molecule has 158 valence electrons. The number of nitrogens with one attached hydrogen (secondary N) is 2. The maximum Gasteiger partial charge on any atom is 0.407 e. The van der Waals surface area contributed by atoms with Gasteiger partial charge in [0.25, 0.3) is 5.91 Å². The van der Waals surface area contributed by atoms with Crippen molar-refractivity contribution < 1.29 is 14.3 Å². The molecule has 2 rings (SSSR count). The van der Waals surface area contributed by atoms with E-state index in [9.17, 15) is 9.59 Å². The summed E-state index contributed by atoms with van der Waals surface area (Å²) in [7, 11) is 0. The zero-order valence-electron chi connectivity index (χ0n) is 17.4. The van der Waals surface area contributed by atoms with Crippen LogP contribution < -0.4 is 16.4 Å². The summed E-state index contributed by atoms with van der Waals surface area (Å²) in [6.45, 7) is 9.69. The maximum absolute atomic E-state index is 11.8. The van der Waals surface area contributed by atoms with Gasteiger partial charge in [0.2, 0.25) is 0 Å². The number of hydrogen-bond donors (Lipinski definition) is 3. The van der Waals surface area contributed by atoms with Gasteiger partial charge in [0.1, 0.15) is 5.60 Å². The predicted octanol–water partition coefficient (Wildman–Crippen LogP) is 3.57. The highest BCUT2D eigenvalue weighted by Crippen LogP contribution is 2.27. The normalized spacial score (nSPS) is 18.8. The molecule has 0 bridgehead atoms. The first-order chi connectivity index (χ1) is 13.5. The Labute approximate surface area is 176 Å². The summed E-state index contributed by atoms with van der Waals surface area (Å²) >= 11 is 6.05. The molecule has 1 aliphatic carbocycles. The Morgan fingerprint density at radius 3 is 2.62 bits per heavy atom. The van der Waals surface area contributed by atoms with Crippen molar-refractivity contribution in [2.45, 2.75) is 46.6 Å². The Bertz CT molecular complexity index is 845. The number of rotatable bonds is 6. The lowest BCUT2D eigenvalue weighted by Crippen LogP contribution is -2.34. The van der Waals surface area contributed by atoms with Gasteiger partial charge in [-0.2, -0.15) is 0 Å². The fourth-order valence-electron chi connectivity index (χ4n) is 2.82. The van der Waals surface area contributed by atoms with Crippen molar-refractivity contribution >= 4 is 29.4 Å². The molecule has 0 spiro atoms. The highest BCUT2D eigenvalue weighted by molar-refractivity contribution is 6.30. The molecule has 9 heteroatoms. The third kappa shape index (κ3) is 6.74. The number of aryl methyl sites for hydroxylation is 1. The number of hydrogen-bond acceptors (Lipinski definition) is 6. The van der Waals surface area contributed by atoms with Gasteiger partial charge in [-0.15, -0.1) is 0 Å². The lowest BCUT2D eigenvalue weighted by molar-refractivity contribution is 0.0525. The molecule has 2 unspecified atom stereocenters. The van der Waals surface area contributed by atoms with Crippen LogP contribution in [0.4, 0.5) is 10.6 Å². The van der Waals surface area contributed by atoms with Gasteiger partial charge in [-0.25, -0.2) is 14.8 Å². The Balaban J connectivity index is 2.05. The Kier molecular flexibility index (Phi) is 7.24. The Morgan fingerprint density at radius 2 is 2.00 bits per heavy atom. The van der Waals surface area contributed by atoms with E-state index in [1.54, 1.807) is 6.92 Å². The van der Waals surface area contributed by atoms with Crippen LogP contribution >= 0.6 is 11.6 Å². The first-order valence-electron chi connectivity index (χ1n) is 9.44. The topological polar surface area (TPSA) is 119 Å². The van der Waals surface area contributed by atoms with E-state index in [2.05, 4.69) is 27.5 Å². The standard InChI is InChI=1S/C20H28ClN5O3/c1-11-6-7-14(10-13(11)8-9-23-19(28)29-20(3,4)5)25-18-15(17(22)27)24-12(2)16(21)26-18/h6-7,10-11,13H,8-9H2,1-5H3,(H2,22,27)(H,23,28)(H,25,26). The van der Waals surface area contributed by atoms with Crippen LogP contribution in [0.5, 0.6) is 0 Å². The zero-order chi connectivity index (χ0) is 21.8. The SMILES string of the molecule is Cc1nc(C(N)=O)c(NC2=CC(CCNC(=O)OC(C)(C)C)C(C)C=C2)nc1Cl. The highest BCUT2D eigenvalue weighted by atomic mass is 35.5. The van der Waals surface area contributed by atoms with Gasteiger partial charge < -0.3 is 21.1 Å². The minimum Gasteiger partial charge on any atom is -0.444 e. The van der Waals surface area contributed by atoms with Gasteiger partial charge in [0, 0.05) is 12.2 Å². The Morgan fingerprint density at radius 1 is 1.31 bits per heavy atom. The molecule has 4 N–H and O–H groups in total. The van der Waals surface area contributed by atoms with Crippen LogP contribution in [0.25, 0.3) is 0 Å². The third-order valence-corrected chi connectivity index (χ3v) is 4.66. The maximum atomic E-state index is 11.8. The lowest BCUT2D eigenvalue weighted by Gasteiger charge is -2.24. The van der Waals surface area contributed by atoms with Crippen LogP contribution in [-0.2, 0) is 4.74 Å². The second-order valence-corrected chi connectivity index (χ2v) is 8.37. The van der Waals surface area contributed by atoms with Gasteiger partial charge in [-0.3, -0.25) is 4.79 Å². The van der Waals surface area contributed by atoms with Gasteiger partial charge >= 0.3 is 6.09 Å². The van der Waals surface area contributed by atoms with Crippen molar-refractivity contribution in [1.82, 2.24) is 15.3 Å². The number of primary amides is 1. The molecule has 29 heavy (non-hydrogen) atoms. The van der Waals surface area contributed by atoms with E-state index in [4.69, 9.17) is 22.1 Å². The summed E-state index contributed by atoms with van der Waals surface area (Å²) in [5.41, 5.74) is 6.09. The van der Waals surface area contributed by atoms with E-state index < -0.39 is 17.6 Å². The van der Waals surface area contributed by atoms with Crippen molar-refractivity contribution in [3.63, 3.8) is 0 Å². The molecule has 8 nitrogen and oxygen atoms in total. The van der Waals surface area contributed by atoms with Crippen molar-refractivity contribution in [2.75, 3.05) is 11.9 Å². The molecular weight excluding hydrogens is 394 g/mol. The number of amides is 2. The minimum absolute atomic E-state index is 0.0305. The van der Waals surface area contributed by atoms with Gasteiger partial charge in [-0.05, 0) is 52.0 Å². The second kappa shape index (κ2) is 9.26. The summed E-state index contributed by atoms with van der Waals surface area (Å²) in [6.07, 6.45) is 6.27. The average Bonchev–Trinajstić information content (AvgIpc) is 2.58. The molecule has 0 aliphatic heterocycles. The number of aromatic nitrogens is 2. The number of nitrogens with two attached hydrogens (primary N) is 1. The van der Waals surface area contributed by atoms with Gasteiger partial charge in [0.05, 0.1) is 5.69 Å². The predicted molar refractivity (Wildman–Crippen MR) is 113 cm³/mol. The smallest absolute Gasteiger partial charge is 0.407 e. The van der Waals surface area contributed by atoms with E-state index >= 15 is 0 Å². The number of carbonyl (C=O) groups excluding carboxylic acids is 2. The summed E-state index contributed by atoms with van der Waals surface area (Å²) in [4.78, 5) is 31.8. The highest BCUT2D eigenvalue weighted by Gasteiger charge is 2.21.